The standard InChI is InChI=1S/C8H8F2/c1-6-2-3-7(5-9)4-8(6)10/h2-4H,5H2,1H3. The molecule has 1 rings (SSSR count). The van der Waals surface area contributed by atoms with Crippen LogP contribution in [-0.4, -0.2) is 0 Å². The molecule has 0 aliphatic heterocycles. The first-order valence-corrected chi connectivity index (χ1v) is 3.05. The van der Waals surface area contributed by atoms with Gasteiger partial charge < -0.3 is 0 Å². The molecule has 0 bridgehead atoms. The van der Waals surface area contributed by atoms with Crippen LogP contribution in [0.4, 0.5) is 8.78 Å². The van der Waals surface area contributed by atoms with Crippen molar-refractivity contribution in [2.75, 3.05) is 0 Å². The van der Waals surface area contributed by atoms with Gasteiger partial charge in [-0.3, -0.25) is 0 Å². The highest BCUT2D eigenvalue weighted by atomic mass is 19.1. The van der Waals surface area contributed by atoms with Crippen molar-refractivity contribution in [2.24, 2.45) is 0 Å². The van der Waals surface area contributed by atoms with E-state index in [1.54, 1.807) is 19.1 Å². The molecule has 1 aromatic carbocycles. The fourth-order valence-corrected chi connectivity index (χ4v) is 0.719. The monoisotopic (exact) mass is 142 g/mol. The summed E-state index contributed by atoms with van der Waals surface area (Å²) in [6.07, 6.45) is 0. The molecule has 0 nitrogen and oxygen atoms in total. The van der Waals surface area contributed by atoms with Gasteiger partial charge in [-0.15, -0.1) is 0 Å². The van der Waals surface area contributed by atoms with Gasteiger partial charge in [-0.25, -0.2) is 8.78 Å². The lowest BCUT2D eigenvalue weighted by molar-refractivity contribution is 0.482. The third kappa shape index (κ3) is 1.32. The maximum absolute atomic E-state index is 12.6. The van der Waals surface area contributed by atoms with Crippen molar-refractivity contribution in [3.63, 3.8) is 0 Å². The van der Waals surface area contributed by atoms with Crippen LogP contribution in [0.1, 0.15) is 11.1 Å². The molecule has 54 valence electrons. The van der Waals surface area contributed by atoms with Crippen LogP contribution in [0.15, 0.2) is 18.2 Å². The van der Waals surface area contributed by atoms with E-state index in [9.17, 15) is 8.78 Å². The number of hydrogen-bond acceptors (Lipinski definition) is 0. The van der Waals surface area contributed by atoms with E-state index in [0.717, 1.165) is 0 Å². The molecule has 0 saturated heterocycles. The first-order chi connectivity index (χ1) is 4.74. The van der Waals surface area contributed by atoms with Crippen molar-refractivity contribution in [1.29, 1.82) is 0 Å². The normalized spacial score (nSPS) is 9.90. The van der Waals surface area contributed by atoms with Crippen molar-refractivity contribution in [3.8, 4) is 0 Å². The van der Waals surface area contributed by atoms with Gasteiger partial charge in [-0.1, -0.05) is 12.1 Å². The van der Waals surface area contributed by atoms with Gasteiger partial charge >= 0.3 is 0 Å². The lowest BCUT2D eigenvalue weighted by Crippen LogP contribution is -1.84. The maximum atomic E-state index is 12.6. The summed E-state index contributed by atoms with van der Waals surface area (Å²) in [6.45, 7) is 1.05. The summed E-state index contributed by atoms with van der Waals surface area (Å²) < 4.78 is 24.5. The predicted molar refractivity (Wildman–Crippen MR) is 35.9 cm³/mol. The van der Waals surface area contributed by atoms with Gasteiger partial charge in [0.1, 0.15) is 12.5 Å². The van der Waals surface area contributed by atoms with Gasteiger partial charge in [0.15, 0.2) is 0 Å². The molecule has 0 atom stereocenters. The molecule has 0 saturated carbocycles. The van der Waals surface area contributed by atoms with Crippen LogP contribution in [0, 0.1) is 12.7 Å². The second kappa shape index (κ2) is 2.78. The minimum Gasteiger partial charge on any atom is -0.246 e. The molecule has 0 aliphatic rings. The fraction of sp³-hybridized carbons (Fsp3) is 0.250. The van der Waals surface area contributed by atoms with Gasteiger partial charge in [0.25, 0.3) is 0 Å². The van der Waals surface area contributed by atoms with E-state index in [0.29, 0.717) is 11.1 Å². The third-order valence-corrected chi connectivity index (χ3v) is 1.39. The lowest BCUT2D eigenvalue weighted by atomic mass is 10.1. The molecule has 0 amide bonds. The molecule has 1 aromatic rings. The fourth-order valence-electron chi connectivity index (χ4n) is 0.719. The maximum Gasteiger partial charge on any atom is 0.126 e. The highest BCUT2D eigenvalue weighted by molar-refractivity contribution is 5.22. The van der Waals surface area contributed by atoms with Crippen LogP contribution in [0.25, 0.3) is 0 Å². The average Bonchev–Trinajstić information content (AvgIpc) is 1.95. The summed E-state index contributed by atoms with van der Waals surface area (Å²) >= 11 is 0. The predicted octanol–water partition coefficient (Wildman–Crippen LogP) is 2.60. The molecule has 10 heavy (non-hydrogen) atoms. The molecule has 0 radical (unpaired) electrons. The van der Waals surface area contributed by atoms with Crippen molar-refractivity contribution in [2.45, 2.75) is 13.6 Å². The zero-order valence-electron chi connectivity index (χ0n) is 5.70. The van der Waals surface area contributed by atoms with E-state index in [1.807, 2.05) is 0 Å². The summed E-state index contributed by atoms with van der Waals surface area (Å²) in [5.41, 5.74) is 0.945. The van der Waals surface area contributed by atoms with E-state index in [1.165, 1.54) is 6.07 Å². The Morgan fingerprint density at radius 3 is 2.60 bits per heavy atom. The Morgan fingerprint density at radius 2 is 2.10 bits per heavy atom. The van der Waals surface area contributed by atoms with Crippen molar-refractivity contribution in [1.82, 2.24) is 0 Å². The van der Waals surface area contributed by atoms with Crippen LogP contribution in [0.3, 0.4) is 0 Å². The number of benzene rings is 1. The van der Waals surface area contributed by atoms with E-state index >= 15 is 0 Å². The van der Waals surface area contributed by atoms with Gasteiger partial charge in [-0.2, -0.15) is 0 Å². The Morgan fingerprint density at radius 1 is 1.40 bits per heavy atom. The Kier molecular flexibility index (Phi) is 2.00. The van der Waals surface area contributed by atoms with Crippen LogP contribution in [0.2, 0.25) is 0 Å². The van der Waals surface area contributed by atoms with Crippen LogP contribution in [-0.2, 0) is 6.67 Å². The largest absolute Gasteiger partial charge is 0.246 e. The quantitative estimate of drug-likeness (QED) is 0.565. The highest BCUT2D eigenvalue weighted by Gasteiger charge is 1.97. The average molecular weight is 142 g/mol. The summed E-state index contributed by atoms with van der Waals surface area (Å²) in [6, 6.07) is 4.37. The lowest BCUT2D eigenvalue weighted by Gasteiger charge is -1.96. The molecular weight excluding hydrogens is 134 g/mol. The minimum absolute atomic E-state index is 0.338. The summed E-state index contributed by atoms with van der Waals surface area (Å²) in [7, 11) is 0. The van der Waals surface area contributed by atoms with E-state index < -0.39 is 6.67 Å². The number of hydrogen-bond donors (Lipinski definition) is 0. The summed E-state index contributed by atoms with van der Waals surface area (Å²) in [4.78, 5) is 0. The van der Waals surface area contributed by atoms with Crippen molar-refractivity contribution >= 4 is 0 Å². The molecular formula is C8H8F2. The van der Waals surface area contributed by atoms with Crippen LogP contribution >= 0.6 is 0 Å². The summed E-state index contributed by atoms with van der Waals surface area (Å²) in [5.74, 6) is -0.338. The molecule has 0 unspecified atom stereocenters. The van der Waals surface area contributed by atoms with Crippen LogP contribution < -0.4 is 0 Å². The Hall–Kier alpha value is -0.920. The number of halogens is 2. The van der Waals surface area contributed by atoms with Crippen LogP contribution in [0.5, 0.6) is 0 Å². The van der Waals surface area contributed by atoms with Crippen molar-refractivity contribution < 1.29 is 8.78 Å². The van der Waals surface area contributed by atoms with Gasteiger partial charge in [0.05, 0.1) is 0 Å². The number of alkyl halides is 1. The second-order valence-electron chi connectivity index (χ2n) is 2.22. The molecule has 0 aliphatic carbocycles. The zero-order valence-corrected chi connectivity index (χ0v) is 5.70. The molecule has 0 heterocycles. The van der Waals surface area contributed by atoms with Gasteiger partial charge in [-0.05, 0) is 24.1 Å². The van der Waals surface area contributed by atoms with E-state index in [4.69, 9.17) is 0 Å². The SMILES string of the molecule is Cc1ccc(CF)cc1F. The van der Waals surface area contributed by atoms with Crippen molar-refractivity contribution in [3.05, 3.63) is 35.1 Å². The minimum atomic E-state index is -0.600. The highest BCUT2D eigenvalue weighted by Crippen LogP contribution is 2.09. The second-order valence-corrected chi connectivity index (χ2v) is 2.22. The Labute approximate surface area is 58.5 Å². The Balaban J connectivity index is 3.04. The smallest absolute Gasteiger partial charge is 0.126 e. The van der Waals surface area contributed by atoms with Gasteiger partial charge in [0.2, 0.25) is 0 Å². The first-order valence-electron chi connectivity index (χ1n) is 3.05. The molecule has 0 fully saturated rings. The number of aryl methyl sites for hydroxylation is 1. The topological polar surface area (TPSA) is 0 Å². The molecule has 2 heteroatoms. The third-order valence-electron chi connectivity index (χ3n) is 1.39. The summed E-state index contributed by atoms with van der Waals surface area (Å²) in [5, 5.41) is 0. The first kappa shape index (κ1) is 7.19. The molecule has 0 spiro atoms. The zero-order chi connectivity index (χ0) is 7.56. The van der Waals surface area contributed by atoms with Gasteiger partial charge in [0, 0.05) is 0 Å². The van der Waals surface area contributed by atoms with E-state index in [2.05, 4.69) is 0 Å². The molecule has 0 aromatic heterocycles. The molecule has 0 N–H and O–H groups in total. The number of rotatable bonds is 1. The van der Waals surface area contributed by atoms with E-state index in [-0.39, 0.29) is 5.82 Å². The Bertz CT molecular complexity index is 231.